The van der Waals surface area contributed by atoms with Crippen LogP contribution in [0.4, 0.5) is 0 Å². The lowest BCUT2D eigenvalue weighted by Gasteiger charge is -2.22. The SMILES string of the molecule is NC1=NCCC(CC[C@H](N)[C]=O)N1. The van der Waals surface area contributed by atoms with Gasteiger partial charge in [0, 0.05) is 12.6 Å². The molecule has 5 nitrogen and oxygen atoms in total. The number of aliphatic imine (C=N–C) groups is 1. The average molecular weight is 183 g/mol. The second-order valence-corrected chi connectivity index (χ2v) is 3.20. The molecule has 0 aromatic heterocycles. The van der Waals surface area contributed by atoms with Gasteiger partial charge in [-0.2, -0.15) is 0 Å². The summed E-state index contributed by atoms with van der Waals surface area (Å²) in [6.07, 6.45) is 4.19. The van der Waals surface area contributed by atoms with E-state index in [-0.39, 0.29) is 0 Å². The van der Waals surface area contributed by atoms with Crippen LogP contribution in [0.2, 0.25) is 0 Å². The summed E-state index contributed by atoms with van der Waals surface area (Å²) in [5.41, 5.74) is 10.9. The van der Waals surface area contributed by atoms with Gasteiger partial charge in [0.05, 0.1) is 6.04 Å². The third-order valence-corrected chi connectivity index (χ3v) is 2.09. The molecule has 5 heteroatoms. The minimum Gasteiger partial charge on any atom is -0.370 e. The third kappa shape index (κ3) is 3.42. The van der Waals surface area contributed by atoms with E-state index in [1.54, 1.807) is 6.29 Å². The molecule has 2 atom stereocenters. The molecule has 0 spiro atoms. The largest absolute Gasteiger partial charge is 0.370 e. The van der Waals surface area contributed by atoms with Gasteiger partial charge in [-0.15, -0.1) is 0 Å². The molecular formula is C8H15N4O. The molecule has 1 aliphatic rings. The monoisotopic (exact) mass is 183 g/mol. The smallest absolute Gasteiger partial charge is 0.216 e. The van der Waals surface area contributed by atoms with Crippen LogP contribution in [-0.4, -0.2) is 30.9 Å². The van der Waals surface area contributed by atoms with Gasteiger partial charge in [-0.25, -0.2) is 0 Å². The Morgan fingerprint density at radius 1 is 1.77 bits per heavy atom. The van der Waals surface area contributed by atoms with Crippen LogP contribution in [0, 0.1) is 0 Å². The summed E-state index contributed by atoms with van der Waals surface area (Å²) < 4.78 is 0. The number of rotatable bonds is 4. The summed E-state index contributed by atoms with van der Waals surface area (Å²) >= 11 is 0. The molecule has 0 saturated heterocycles. The molecule has 73 valence electrons. The van der Waals surface area contributed by atoms with E-state index >= 15 is 0 Å². The van der Waals surface area contributed by atoms with E-state index in [0.29, 0.717) is 18.4 Å². The third-order valence-electron chi connectivity index (χ3n) is 2.09. The van der Waals surface area contributed by atoms with Crippen molar-refractivity contribution < 1.29 is 4.79 Å². The second kappa shape index (κ2) is 4.81. The lowest BCUT2D eigenvalue weighted by Crippen LogP contribution is -2.44. The molecule has 0 bridgehead atoms. The van der Waals surface area contributed by atoms with Crippen molar-refractivity contribution in [3.63, 3.8) is 0 Å². The summed E-state index contributed by atoms with van der Waals surface area (Å²) in [5.74, 6) is 0.486. The van der Waals surface area contributed by atoms with E-state index in [9.17, 15) is 4.79 Å². The van der Waals surface area contributed by atoms with Gasteiger partial charge in [-0.05, 0) is 19.3 Å². The highest BCUT2D eigenvalue weighted by Crippen LogP contribution is 2.06. The van der Waals surface area contributed by atoms with Crippen molar-refractivity contribution in [2.75, 3.05) is 6.54 Å². The van der Waals surface area contributed by atoms with Crippen LogP contribution in [-0.2, 0) is 4.79 Å². The van der Waals surface area contributed by atoms with Gasteiger partial charge in [0.2, 0.25) is 6.29 Å². The van der Waals surface area contributed by atoms with Gasteiger partial charge in [-0.3, -0.25) is 9.79 Å². The highest BCUT2D eigenvalue weighted by Gasteiger charge is 2.14. The summed E-state index contributed by atoms with van der Waals surface area (Å²) in [4.78, 5) is 14.1. The molecule has 0 fully saturated rings. The lowest BCUT2D eigenvalue weighted by atomic mass is 10.0. The van der Waals surface area contributed by atoms with Gasteiger partial charge in [-0.1, -0.05) is 0 Å². The van der Waals surface area contributed by atoms with E-state index < -0.39 is 6.04 Å². The lowest BCUT2D eigenvalue weighted by molar-refractivity contribution is 0.472. The summed E-state index contributed by atoms with van der Waals surface area (Å²) in [7, 11) is 0. The van der Waals surface area contributed by atoms with E-state index in [1.165, 1.54) is 0 Å². The normalized spacial score (nSPS) is 24.4. The van der Waals surface area contributed by atoms with Gasteiger partial charge < -0.3 is 16.8 Å². The van der Waals surface area contributed by atoms with Crippen LogP contribution in [0.3, 0.4) is 0 Å². The molecule has 0 aromatic rings. The van der Waals surface area contributed by atoms with Crippen LogP contribution < -0.4 is 16.8 Å². The predicted molar refractivity (Wildman–Crippen MR) is 50.9 cm³/mol. The number of carbonyl (C=O) groups excluding carboxylic acids is 1. The molecule has 0 amide bonds. The number of nitrogens with one attached hydrogen (secondary N) is 1. The van der Waals surface area contributed by atoms with Crippen LogP contribution >= 0.6 is 0 Å². The zero-order chi connectivity index (χ0) is 9.68. The molecule has 0 aliphatic carbocycles. The van der Waals surface area contributed by atoms with Crippen molar-refractivity contribution in [1.29, 1.82) is 0 Å². The zero-order valence-electron chi connectivity index (χ0n) is 7.49. The molecular weight excluding hydrogens is 168 g/mol. The van der Waals surface area contributed by atoms with Crippen LogP contribution in [0.15, 0.2) is 4.99 Å². The maximum Gasteiger partial charge on any atom is 0.216 e. The molecule has 1 unspecified atom stereocenters. The molecule has 13 heavy (non-hydrogen) atoms. The molecule has 5 N–H and O–H groups in total. The van der Waals surface area contributed by atoms with Crippen molar-refractivity contribution in [1.82, 2.24) is 5.32 Å². The highest BCUT2D eigenvalue weighted by molar-refractivity contribution is 5.78. The molecule has 0 saturated carbocycles. The van der Waals surface area contributed by atoms with Gasteiger partial charge >= 0.3 is 0 Å². The number of nitrogens with zero attached hydrogens (tertiary/aromatic N) is 1. The predicted octanol–water partition coefficient (Wildman–Crippen LogP) is -1.12. The Labute approximate surface area is 77.6 Å². The van der Waals surface area contributed by atoms with E-state index in [0.717, 1.165) is 19.4 Å². The Morgan fingerprint density at radius 3 is 3.15 bits per heavy atom. The van der Waals surface area contributed by atoms with Crippen molar-refractivity contribution in [2.24, 2.45) is 16.5 Å². The van der Waals surface area contributed by atoms with Gasteiger partial charge in [0.15, 0.2) is 5.96 Å². The zero-order valence-corrected chi connectivity index (χ0v) is 7.49. The average Bonchev–Trinajstić information content (AvgIpc) is 2.14. The topological polar surface area (TPSA) is 93.5 Å². The first-order chi connectivity index (χ1) is 6.22. The number of nitrogens with two attached hydrogens (primary N) is 2. The Hall–Kier alpha value is -1.10. The Morgan fingerprint density at radius 2 is 2.54 bits per heavy atom. The number of hydrogen-bond acceptors (Lipinski definition) is 5. The van der Waals surface area contributed by atoms with Crippen molar-refractivity contribution in [3.8, 4) is 0 Å². The second-order valence-electron chi connectivity index (χ2n) is 3.20. The van der Waals surface area contributed by atoms with Crippen molar-refractivity contribution >= 4 is 12.2 Å². The maximum absolute atomic E-state index is 10.1. The fourth-order valence-corrected chi connectivity index (χ4v) is 1.32. The molecule has 1 radical (unpaired) electrons. The molecule has 1 heterocycles. The highest BCUT2D eigenvalue weighted by atomic mass is 16.1. The van der Waals surface area contributed by atoms with Gasteiger partial charge in [0.25, 0.3) is 0 Å². The standard InChI is InChI=1S/C8H15N4O/c9-6(5-13)1-2-7-3-4-11-8(10)12-7/h6-7H,1-4,9H2,(H3,10,11,12)/t6-,7?/m0/s1. The minimum atomic E-state index is -0.470. The fourth-order valence-electron chi connectivity index (χ4n) is 1.32. The number of guanidine groups is 1. The van der Waals surface area contributed by atoms with Gasteiger partial charge in [0.1, 0.15) is 0 Å². The fraction of sp³-hybridized carbons (Fsp3) is 0.750. The Balaban J connectivity index is 2.22. The summed E-state index contributed by atoms with van der Waals surface area (Å²) in [6.45, 7) is 0.754. The number of hydrogen-bond donors (Lipinski definition) is 3. The Kier molecular flexibility index (Phi) is 3.70. The minimum absolute atomic E-state index is 0.303. The van der Waals surface area contributed by atoms with Crippen molar-refractivity contribution in [3.05, 3.63) is 0 Å². The first-order valence-corrected chi connectivity index (χ1v) is 4.42. The van der Waals surface area contributed by atoms with Crippen LogP contribution in [0.1, 0.15) is 19.3 Å². The molecule has 1 aliphatic heterocycles. The maximum atomic E-state index is 10.1. The molecule has 1 rings (SSSR count). The van der Waals surface area contributed by atoms with E-state index in [1.807, 2.05) is 0 Å². The summed E-state index contributed by atoms with van der Waals surface area (Å²) in [6, 6.07) is -0.168. The quantitative estimate of drug-likeness (QED) is 0.514. The van der Waals surface area contributed by atoms with Crippen LogP contribution in [0.5, 0.6) is 0 Å². The van der Waals surface area contributed by atoms with Crippen LogP contribution in [0.25, 0.3) is 0 Å². The van der Waals surface area contributed by atoms with E-state index in [4.69, 9.17) is 11.5 Å². The Bertz CT molecular complexity index is 204. The van der Waals surface area contributed by atoms with E-state index in [2.05, 4.69) is 10.3 Å². The first-order valence-electron chi connectivity index (χ1n) is 4.42. The van der Waals surface area contributed by atoms with Crippen molar-refractivity contribution in [2.45, 2.75) is 31.3 Å². The molecule has 0 aromatic carbocycles. The first kappa shape index (κ1) is 9.98. The summed E-state index contributed by atoms with van der Waals surface area (Å²) in [5, 5.41) is 3.04.